The Hall–Kier alpha value is -1.41. The molecule has 0 spiro atoms. The van der Waals surface area contributed by atoms with Crippen LogP contribution in [0.15, 0.2) is 53.4 Å². The summed E-state index contributed by atoms with van der Waals surface area (Å²) in [6, 6.07) is 13.3. The molecule has 3 rings (SSSR count). The van der Waals surface area contributed by atoms with Crippen LogP contribution in [-0.4, -0.2) is 23.1 Å². The van der Waals surface area contributed by atoms with Gasteiger partial charge in [-0.2, -0.15) is 0 Å². The molecule has 26 heavy (non-hydrogen) atoms. The predicted molar refractivity (Wildman–Crippen MR) is 102 cm³/mol. The molecule has 0 radical (unpaired) electrons. The molecular formula is C18H20ClNO4S2. The maximum atomic E-state index is 13.0. The summed E-state index contributed by atoms with van der Waals surface area (Å²) in [5, 5.41) is 0.241. The van der Waals surface area contributed by atoms with Crippen LogP contribution in [-0.2, 0) is 25.6 Å². The number of sulfonamides is 1. The fourth-order valence-electron chi connectivity index (χ4n) is 2.94. The number of halogens is 1. The van der Waals surface area contributed by atoms with E-state index >= 15 is 0 Å². The predicted octanol–water partition coefficient (Wildman–Crippen LogP) is 3.31. The molecular weight excluding hydrogens is 394 g/mol. The van der Waals surface area contributed by atoms with Crippen molar-refractivity contribution in [3.8, 4) is 0 Å². The van der Waals surface area contributed by atoms with E-state index in [1.165, 1.54) is 18.2 Å². The van der Waals surface area contributed by atoms with Crippen molar-refractivity contribution in [3.63, 3.8) is 0 Å². The van der Waals surface area contributed by atoms with Gasteiger partial charge in [-0.3, -0.25) is 0 Å². The number of hydrogen-bond donors (Lipinski definition) is 1. The Morgan fingerprint density at radius 3 is 2.31 bits per heavy atom. The van der Waals surface area contributed by atoms with Gasteiger partial charge in [0, 0.05) is 17.3 Å². The summed E-state index contributed by atoms with van der Waals surface area (Å²) in [6.45, 7) is 0. The molecule has 0 heterocycles. The van der Waals surface area contributed by atoms with Gasteiger partial charge < -0.3 is 0 Å². The molecule has 1 unspecified atom stereocenters. The molecule has 1 aliphatic carbocycles. The summed E-state index contributed by atoms with van der Waals surface area (Å²) in [7, 11) is -7.33. The van der Waals surface area contributed by atoms with Crippen LogP contribution in [0.1, 0.15) is 30.0 Å². The van der Waals surface area contributed by atoms with Gasteiger partial charge in [0.05, 0.1) is 10.6 Å². The van der Waals surface area contributed by atoms with Gasteiger partial charge in [0.1, 0.15) is 0 Å². The third-order valence-corrected chi connectivity index (χ3v) is 6.86. The number of nitrogens with one attached hydrogen (secondary N) is 1. The highest BCUT2D eigenvalue weighted by Crippen LogP contribution is 2.42. The summed E-state index contributed by atoms with van der Waals surface area (Å²) < 4.78 is 52.2. The van der Waals surface area contributed by atoms with E-state index in [1.54, 1.807) is 0 Å². The van der Waals surface area contributed by atoms with Crippen molar-refractivity contribution in [1.29, 1.82) is 0 Å². The monoisotopic (exact) mass is 413 g/mol. The fourth-order valence-corrected chi connectivity index (χ4v) is 5.64. The first-order valence-electron chi connectivity index (χ1n) is 8.19. The lowest BCUT2D eigenvalue weighted by atomic mass is 10.0. The highest BCUT2D eigenvalue weighted by Gasteiger charge is 2.36. The normalized spacial score (nSPS) is 16.4. The lowest BCUT2D eigenvalue weighted by molar-refractivity contribution is 0.528. The van der Waals surface area contributed by atoms with Crippen LogP contribution in [0.5, 0.6) is 0 Å². The van der Waals surface area contributed by atoms with Crippen LogP contribution in [0, 0.1) is 5.92 Å². The summed E-state index contributed by atoms with van der Waals surface area (Å²) in [4.78, 5) is -0.0861. The van der Waals surface area contributed by atoms with Crippen molar-refractivity contribution in [3.05, 3.63) is 64.7 Å². The maximum Gasteiger partial charge on any atom is 0.241 e. The maximum absolute atomic E-state index is 13.0. The topological polar surface area (TPSA) is 80.3 Å². The molecule has 8 heteroatoms. The lowest BCUT2D eigenvalue weighted by Crippen LogP contribution is -2.31. The minimum atomic E-state index is -3.94. The van der Waals surface area contributed by atoms with Gasteiger partial charge in [-0.05, 0) is 42.0 Å². The number of hydrogen-bond acceptors (Lipinski definition) is 4. The van der Waals surface area contributed by atoms with Crippen molar-refractivity contribution in [1.82, 2.24) is 4.72 Å². The van der Waals surface area contributed by atoms with Gasteiger partial charge in [-0.1, -0.05) is 48.0 Å². The van der Waals surface area contributed by atoms with Crippen molar-refractivity contribution >= 4 is 31.5 Å². The number of sulfone groups is 1. The molecule has 1 fully saturated rings. The second kappa shape index (κ2) is 7.31. The van der Waals surface area contributed by atoms with Crippen molar-refractivity contribution in [2.45, 2.75) is 29.5 Å². The molecule has 2 aromatic carbocycles. The highest BCUT2D eigenvalue weighted by molar-refractivity contribution is 7.90. The summed E-state index contributed by atoms with van der Waals surface area (Å²) in [6.07, 6.45) is 2.98. The molecule has 140 valence electrons. The van der Waals surface area contributed by atoms with Crippen molar-refractivity contribution in [2.24, 2.45) is 5.92 Å². The Morgan fingerprint density at radius 2 is 1.73 bits per heavy atom. The molecule has 1 atom stereocenters. The summed E-state index contributed by atoms with van der Waals surface area (Å²) >= 11 is 5.98. The lowest BCUT2D eigenvalue weighted by Gasteiger charge is -2.20. The summed E-state index contributed by atoms with van der Waals surface area (Å²) in [5.74, 6) is -0.121. The van der Waals surface area contributed by atoms with Gasteiger partial charge in [0.25, 0.3) is 0 Å². The van der Waals surface area contributed by atoms with Crippen LogP contribution in [0.4, 0.5) is 0 Å². The van der Waals surface area contributed by atoms with E-state index in [4.69, 9.17) is 11.6 Å². The average Bonchev–Trinajstić information content (AvgIpc) is 3.39. The molecule has 0 bridgehead atoms. The molecule has 2 aromatic rings. The van der Waals surface area contributed by atoms with Crippen LogP contribution < -0.4 is 4.72 Å². The summed E-state index contributed by atoms with van der Waals surface area (Å²) in [5.41, 5.74) is 1.11. The Morgan fingerprint density at radius 1 is 1.08 bits per heavy atom. The molecule has 5 nitrogen and oxygen atoms in total. The van der Waals surface area contributed by atoms with E-state index in [0.29, 0.717) is 0 Å². The molecule has 0 saturated heterocycles. The molecule has 0 aliphatic heterocycles. The SMILES string of the molecule is CS(=O)(=O)Cc1ccc(Cl)cc1S(=O)(=O)NC(c1ccccc1)C1CC1. The Kier molecular flexibility index (Phi) is 5.44. The quantitative estimate of drug-likeness (QED) is 0.755. The van der Waals surface area contributed by atoms with Crippen LogP contribution in [0.3, 0.4) is 0 Å². The minimum Gasteiger partial charge on any atom is -0.229 e. The van der Waals surface area contributed by atoms with Crippen LogP contribution in [0.25, 0.3) is 0 Å². The van der Waals surface area contributed by atoms with E-state index < -0.39 is 19.9 Å². The highest BCUT2D eigenvalue weighted by atomic mass is 35.5. The first-order chi connectivity index (χ1) is 12.2. The molecule has 0 amide bonds. The first-order valence-corrected chi connectivity index (χ1v) is 12.1. The van der Waals surface area contributed by atoms with E-state index in [9.17, 15) is 16.8 Å². The van der Waals surface area contributed by atoms with Gasteiger partial charge in [0.15, 0.2) is 9.84 Å². The minimum absolute atomic E-state index is 0.0861. The Balaban J connectivity index is 1.98. The van der Waals surface area contributed by atoms with Gasteiger partial charge in [0.2, 0.25) is 10.0 Å². The molecule has 1 aliphatic rings. The third-order valence-electron chi connectivity index (χ3n) is 4.27. The third kappa shape index (κ3) is 4.85. The molecule has 1 saturated carbocycles. The Bertz CT molecular complexity index is 1000. The van der Waals surface area contributed by atoms with Crippen LogP contribution >= 0.6 is 11.6 Å². The van der Waals surface area contributed by atoms with Gasteiger partial charge in [-0.15, -0.1) is 0 Å². The fraction of sp³-hybridized carbons (Fsp3) is 0.333. The first kappa shape index (κ1) is 19.4. The Labute approximate surface area is 159 Å². The zero-order valence-electron chi connectivity index (χ0n) is 14.2. The van der Waals surface area contributed by atoms with Crippen molar-refractivity contribution < 1.29 is 16.8 Å². The number of rotatable bonds is 7. The molecule has 0 aromatic heterocycles. The largest absolute Gasteiger partial charge is 0.241 e. The smallest absolute Gasteiger partial charge is 0.229 e. The van der Waals surface area contributed by atoms with E-state index in [2.05, 4.69) is 4.72 Å². The second-order valence-corrected chi connectivity index (χ2v) is 10.9. The van der Waals surface area contributed by atoms with E-state index in [-0.39, 0.29) is 33.2 Å². The van der Waals surface area contributed by atoms with Crippen molar-refractivity contribution in [2.75, 3.05) is 6.26 Å². The standard InChI is InChI=1S/C18H20ClNO4S2/c1-25(21,22)12-15-9-10-16(19)11-17(15)26(23,24)20-18(14-7-8-14)13-5-3-2-4-6-13/h2-6,9-11,14,18,20H,7-8,12H2,1H3. The van der Waals surface area contributed by atoms with Gasteiger partial charge in [-0.25, -0.2) is 21.6 Å². The van der Waals surface area contributed by atoms with E-state index in [0.717, 1.165) is 24.7 Å². The van der Waals surface area contributed by atoms with Crippen LogP contribution in [0.2, 0.25) is 5.02 Å². The number of benzene rings is 2. The second-order valence-electron chi connectivity index (χ2n) is 6.67. The zero-order chi connectivity index (χ0) is 18.9. The zero-order valence-corrected chi connectivity index (χ0v) is 16.6. The van der Waals surface area contributed by atoms with E-state index in [1.807, 2.05) is 30.3 Å². The molecule has 1 N–H and O–H groups in total. The average molecular weight is 414 g/mol. The van der Waals surface area contributed by atoms with Gasteiger partial charge >= 0.3 is 0 Å².